The summed E-state index contributed by atoms with van der Waals surface area (Å²) in [7, 11) is 1.75. The second-order valence-corrected chi connectivity index (χ2v) is 8.55. The fraction of sp³-hybridized carbons (Fsp3) is 0.562. The molecule has 0 bridgehead atoms. The summed E-state index contributed by atoms with van der Waals surface area (Å²) in [6, 6.07) is 0. The predicted octanol–water partition coefficient (Wildman–Crippen LogP) is 3.19. The van der Waals surface area contributed by atoms with Crippen LogP contribution in [-0.2, 0) is 24.7 Å². The second-order valence-electron chi connectivity index (χ2n) is 6.16. The lowest BCUT2D eigenvalue weighted by Gasteiger charge is -2.17. The molecule has 22 heavy (non-hydrogen) atoms. The summed E-state index contributed by atoms with van der Waals surface area (Å²) in [5.74, 6) is 0.773. The molecule has 3 rings (SSSR count). The van der Waals surface area contributed by atoms with E-state index in [1.54, 1.807) is 29.9 Å². The summed E-state index contributed by atoms with van der Waals surface area (Å²) in [5.41, 5.74) is 1.23. The largest absolute Gasteiger partial charge is 0.299 e. The van der Waals surface area contributed by atoms with Gasteiger partial charge in [0.15, 0.2) is 5.16 Å². The highest BCUT2D eigenvalue weighted by Crippen LogP contribution is 2.36. The monoisotopic (exact) mass is 336 g/mol. The zero-order valence-corrected chi connectivity index (χ0v) is 14.9. The lowest BCUT2D eigenvalue weighted by atomic mass is 9.89. The molecule has 0 aromatic carbocycles. The molecule has 2 atom stereocenters. The molecule has 6 heteroatoms. The van der Waals surface area contributed by atoms with Crippen LogP contribution < -0.4 is 5.56 Å². The first-order valence-corrected chi connectivity index (χ1v) is 9.26. The highest BCUT2D eigenvalue weighted by atomic mass is 32.2. The Morgan fingerprint density at radius 1 is 1.50 bits per heavy atom. The molecule has 1 aliphatic carbocycles. The molecule has 2 heterocycles. The molecule has 2 aromatic heterocycles. The zero-order chi connectivity index (χ0) is 16.0. The molecule has 0 saturated carbocycles. The van der Waals surface area contributed by atoms with Crippen molar-refractivity contribution >= 4 is 39.1 Å². The van der Waals surface area contributed by atoms with Crippen LogP contribution in [-0.4, -0.2) is 20.6 Å². The smallest absolute Gasteiger partial charge is 0.262 e. The van der Waals surface area contributed by atoms with Gasteiger partial charge in [0.25, 0.3) is 5.56 Å². The van der Waals surface area contributed by atoms with Gasteiger partial charge in [-0.25, -0.2) is 4.98 Å². The number of hydrogen-bond donors (Lipinski definition) is 0. The van der Waals surface area contributed by atoms with Crippen molar-refractivity contribution in [2.24, 2.45) is 13.0 Å². The fourth-order valence-electron chi connectivity index (χ4n) is 2.80. The quantitative estimate of drug-likeness (QED) is 0.638. The Morgan fingerprint density at radius 3 is 2.91 bits per heavy atom. The van der Waals surface area contributed by atoms with Gasteiger partial charge in [0.2, 0.25) is 0 Å². The minimum absolute atomic E-state index is 0.0234. The van der Waals surface area contributed by atoms with Crippen molar-refractivity contribution in [3.63, 3.8) is 0 Å². The summed E-state index contributed by atoms with van der Waals surface area (Å²) in [6.45, 7) is 5.68. The number of hydrogen-bond acceptors (Lipinski definition) is 5. The highest BCUT2D eigenvalue weighted by Gasteiger charge is 2.24. The van der Waals surface area contributed by atoms with Crippen LogP contribution in [0.1, 0.15) is 37.6 Å². The minimum atomic E-state index is -0.190. The first kappa shape index (κ1) is 15.7. The van der Waals surface area contributed by atoms with Crippen LogP contribution >= 0.6 is 23.1 Å². The number of rotatable bonds is 3. The van der Waals surface area contributed by atoms with Gasteiger partial charge in [-0.05, 0) is 44.6 Å². The van der Waals surface area contributed by atoms with Gasteiger partial charge >= 0.3 is 0 Å². The molecule has 4 nitrogen and oxygen atoms in total. The Bertz CT molecular complexity index is 807. The molecule has 0 N–H and O–H groups in total. The van der Waals surface area contributed by atoms with Gasteiger partial charge < -0.3 is 0 Å². The van der Waals surface area contributed by atoms with Gasteiger partial charge in [0.1, 0.15) is 10.6 Å². The van der Waals surface area contributed by atoms with E-state index in [0.717, 1.165) is 29.5 Å². The Hall–Kier alpha value is -1.14. The average molecular weight is 336 g/mol. The lowest BCUT2D eigenvalue weighted by molar-refractivity contribution is -0.116. The van der Waals surface area contributed by atoms with E-state index in [1.807, 2.05) is 6.92 Å². The van der Waals surface area contributed by atoms with Gasteiger partial charge in [-0.3, -0.25) is 14.2 Å². The number of carbonyl (C=O) groups excluding carboxylic acids is 1. The SMILES string of the molecule is CC(=O)[C@H](C)Sc1nc2sc3c(c2c(=O)n1C)CC[C@@H](C)C3. The topological polar surface area (TPSA) is 52.0 Å². The minimum Gasteiger partial charge on any atom is -0.299 e. The van der Waals surface area contributed by atoms with E-state index in [0.29, 0.717) is 11.1 Å². The molecule has 0 spiro atoms. The third-order valence-corrected chi connectivity index (χ3v) is 6.76. The molecule has 0 radical (unpaired) electrons. The fourth-order valence-corrected chi connectivity index (χ4v) is 5.10. The Kier molecular flexibility index (Phi) is 4.16. The molecule has 0 aliphatic heterocycles. The van der Waals surface area contributed by atoms with Gasteiger partial charge in [-0.2, -0.15) is 0 Å². The summed E-state index contributed by atoms with van der Waals surface area (Å²) < 4.78 is 1.59. The van der Waals surface area contributed by atoms with Gasteiger partial charge in [0.05, 0.1) is 10.6 Å². The van der Waals surface area contributed by atoms with Crippen molar-refractivity contribution in [2.45, 2.75) is 50.4 Å². The molecular weight excluding hydrogens is 316 g/mol. The van der Waals surface area contributed by atoms with E-state index in [1.165, 1.54) is 22.2 Å². The molecule has 2 aromatic rings. The first-order valence-electron chi connectivity index (χ1n) is 7.56. The van der Waals surface area contributed by atoms with Crippen molar-refractivity contribution in [2.75, 3.05) is 0 Å². The zero-order valence-electron chi connectivity index (χ0n) is 13.3. The Balaban J connectivity index is 2.13. The van der Waals surface area contributed by atoms with Crippen molar-refractivity contribution in [3.8, 4) is 0 Å². The van der Waals surface area contributed by atoms with Crippen LogP contribution in [0.4, 0.5) is 0 Å². The molecule has 0 unspecified atom stereocenters. The second kappa shape index (κ2) is 5.81. The number of thioether (sulfide) groups is 1. The molecule has 0 amide bonds. The first-order chi connectivity index (χ1) is 10.4. The van der Waals surface area contributed by atoms with E-state index in [9.17, 15) is 9.59 Å². The van der Waals surface area contributed by atoms with Crippen molar-refractivity contribution < 1.29 is 4.79 Å². The van der Waals surface area contributed by atoms with Crippen LogP contribution in [0.5, 0.6) is 0 Å². The Morgan fingerprint density at radius 2 is 2.23 bits per heavy atom. The lowest BCUT2D eigenvalue weighted by Crippen LogP contribution is -2.22. The summed E-state index contributed by atoms with van der Waals surface area (Å²) >= 11 is 3.02. The number of Topliss-reactive ketones (excluding diaryl/α,β-unsaturated/α-hetero) is 1. The maximum absolute atomic E-state index is 12.7. The average Bonchev–Trinajstić information content (AvgIpc) is 2.81. The van der Waals surface area contributed by atoms with Crippen LogP contribution in [0.25, 0.3) is 10.2 Å². The maximum atomic E-state index is 12.7. The van der Waals surface area contributed by atoms with E-state index < -0.39 is 0 Å². The van der Waals surface area contributed by atoms with E-state index >= 15 is 0 Å². The maximum Gasteiger partial charge on any atom is 0.262 e. The van der Waals surface area contributed by atoms with Gasteiger partial charge in [-0.15, -0.1) is 11.3 Å². The molecule has 0 fully saturated rings. The van der Waals surface area contributed by atoms with Crippen LogP contribution in [0.2, 0.25) is 0 Å². The highest BCUT2D eigenvalue weighted by molar-refractivity contribution is 8.00. The van der Waals surface area contributed by atoms with Crippen LogP contribution in [0, 0.1) is 5.92 Å². The third kappa shape index (κ3) is 2.63. The number of aryl methyl sites for hydroxylation is 1. The van der Waals surface area contributed by atoms with Crippen LogP contribution in [0.15, 0.2) is 9.95 Å². The van der Waals surface area contributed by atoms with E-state index in [4.69, 9.17) is 0 Å². The number of thiophene rings is 1. The summed E-state index contributed by atoms with van der Waals surface area (Å²) in [5, 5.41) is 1.24. The number of nitrogens with zero attached hydrogens (tertiary/aromatic N) is 2. The number of fused-ring (bicyclic) bond motifs is 3. The number of aromatic nitrogens is 2. The van der Waals surface area contributed by atoms with Gasteiger partial charge in [0, 0.05) is 11.9 Å². The van der Waals surface area contributed by atoms with Gasteiger partial charge in [-0.1, -0.05) is 18.7 Å². The molecule has 118 valence electrons. The van der Waals surface area contributed by atoms with Crippen LogP contribution in [0.3, 0.4) is 0 Å². The number of ketones is 1. The van der Waals surface area contributed by atoms with Crippen molar-refractivity contribution in [3.05, 3.63) is 20.8 Å². The van der Waals surface area contributed by atoms with E-state index in [2.05, 4.69) is 11.9 Å². The normalized spacial score (nSPS) is 19.2. The summed E-state index contributed by atoms with van der Waals surface area (Å²) in [6.07, 6.45) is 3.16. The predicted molar refractivity (Wildman–Crippen MR) is 92.1 cm³/mol. The molecule has 0 saturated heterocycles. The van der Waals surface area contributed by atoms with Crippen molar-refractivity contribution in [1.29, 1.82) is 0 Å². The molecular formula is C16H20N2O2S2. The van der Waals surface area contributed by atoms with Crippen molar-refractivity contribution in [1.82, 2.24) is 9.55 Å². The summed E-state index contributed by atoms with van der Waals surface area (Å²) in [4.78, 5) is 31.0. The Labute approximate surface area is 137 Å². The molecule has 1 aliphatic rings. The standard InChI is InChI=1S/C16H20N2O2S2/c1-8-5-6-11-12(7-8)22-14-13(11)15(20)18(4)16(17-14)21-10(3)9(2)19/h8,10H,5-7H2,1-4H3/t8-,10+/m1/s1. The van der Waals surface area contributed by atoms with E-state index in [-0.39, 0.29) is 16.6 Å². The number of carbonyl (C=O) groups is 1. The third-order valence-electron chi connectivity index (χ3n) is 4.35.